The summed E-state index contributed by atoms with van der Waals surface area (Å²) >= 11 is 1.57. The van der Waals surface area contributed by atoms with Gasteiger partial charge in [-0.15, -0.1) is 11.3 Å². The van der Waals surface area contributed by atoms with Crippen LogP contribution in [0.2, 0.25) is 0 Å². The van der Waals surface area contributed by atoms with E-state index in [2.05, 4.69) is 4.98 Å². The third-order valence-corrected chi connectivity index (χ3v) is 2.84. The lowest BCUT2D eigenvalue weighted by atomic mass is 10.1. The van der Waals surface area contributed by atoms with Crippen LogP contribution in [-0.2, 0) is 9.53 Å². The maximum atomic E-state index is 11.1. The summed E-state index contributed by atoms with van der Waals surface area (Å²) in [5.41, 5.74) is 0. The highest BCUT2D eigenvalue weighted by atomic mass is 32.1. The number of ether oxygens (including phenoxy) is 1. The van der Waals surface area contributed by atoms with Crippen LogP contribution < -0.4 is 0 Å². The van der Waals surface area contributed by atoms with Gasteiger partial charge in [0.1, 0.15) is 6.10 Å². The molecule has 0 saturated carbocycles. The van der Waals surface area contributed by atoms with Crippen molar-refractivity contribution in [3.8, 4) is 0 Å². The fourth-order valence-corrected chi connectivity index (χ4v) is 2.03. The standard InChI is InChI=1S/C9H9NO2S/c1-6-10-5-9(13-6)8-4-7(11)2-3-12-8/h2-3,5,8H,4H2,1H3. The summed E-state index contributed by atoms with van der Waals surface area (Å²) in [5, 5.41) is 1.00. The number of aryl methyl sites for hydroxylation is 1. The molecule has 0 N–H and O–H groups in total. The topological polar surface area (TPSA) is 39.2 Å². The predicted molar refractivity (Wildman–Crippen MR) is 49.4 cm³/mol. The highest BCUT2D eigenvalue weighted by Gasteiger charge is 2.20. The first-order chi connectivity index (χ1) is 6.25. The number of nitrogens with zero attached hydrogens (tertiary/aromatic N) is 1. The molecule has 0 radical (unpaired) electrons. The lowest BCUT2D eigenvalue weighted by molar-refractivity contribution is -0.118. The molecule has 0 bridgehead atoms. The normalized spacial score (nSPS) is 21.6. The molecule has 1 aromatic rings. The minimum absolute atomic E-state index is 0.113. The van der Waals surface area contributed by atoms with E-state index in [1.807, 2.05) is 6.92 Å². The maximum Gasteiger partial charge on any atom is 0.162 e. The smallest absolute Gasteiger partial charge is 0.162 e. The fraction of sp³-hybridized carbons (Fsp3) is 0.333. The minimum atomic E-state index is -0.122. The highest BCUT2D eigenvalue weighted by molar-refractivity contribution is 7.11. The molecule has 1 aliphatic rings. The van der Waals surface area contributed by atoms with Crippen molar-refractivity contribution in [2.75, 3.05) is 0 Å². The van der Waals surface area contributed by atoms with Crippen molar-refractivity contribution in [2.45, 2.75) is 19.4 Å². The molecule has 1 atom stereocenters. The van der Waals surface area contributed by atoms with Gasteiger partial charge in [0.05, 0.1) is 22.6 Å². The summed E-state index contributed by atoms with van der Waals surface area (Å²) in [6, 6.07) is 0. The molecule has 2 heterocycles. The first-order valence-corrected chi connectivity index (χ1v) is 4.84. The molecule has 13 heavy (non-hydrogen) atoms. The van der Waals surface area contributed by atoms with Gasteiger partial charge in [0.15, 0.2) is 5.78 Å². The van der Waals surface area contributed by atoms with E-state index in [1.165, 1.54) is 12.3 Å². The van der Waals surface area contributed by atoms with E-state index in [-0.39, 0.29) is 11.9 Å². The third kappa shape index (κ3) is 1.78. The van der Waals surface area contributed by atoms with Gasteiger partial charge in [-0.3, -0.25) is 4.79 Å². The molecule has 0 aromatic carbocycles. The van der Waals surface area contributed by atoms with Gasteiger partial charge in [0, 0.05) is 12.3 Å². The van der Waals surface area contributed by atoms with Crippen molar-refractivity contribution in [3.63, 3.8) is 0 Å². The molecule has 1 aromatic heterocycles. The number of carbonyl (C=O) groups excluding carboxylic acids is 1. The van der Waals surface area contributed by atoms with Crippen LogP contribution in [0.3, 0.4) is 0 Å². The molecule has 3 nitrogen and oxygen atoms in total. The lowest BCUT2D eigenvalue weighted by Crippen LogP contribution is -2.09. The van der Waals surface area contributed by atoms with Crippen LogP contribution >= 0.6 is 11.3 Å². The van der Waals surface area contributed by atoms with Gasteiger partial charge in [-0.05, 0) is 6.92 Å². The van der Waals surface area contributed by atoms with E-state index in [0.29, 0.717) is 6.42 Å². The largest absolute Gasteiger partial charge is 0.492 e. The number of aromatic nitrogens is 1. The van der Waals surface area contributed by atoms with Crippen LogP contribution in [-0.4, -0.2) is 10.8 Å². The molecule has 0 aliphatic carbocycles. The SMILES string of the molecule is Cc1ncc(C2CC(=O)C=CO2)s1. The van der Waals surface area contributed by atoms with Gasteiger partial charge >= 0.3 is 0 Å². The molecule has 1 aliphatic heterocycles. The fourth-order valence-electron chi connectivity index (χ4n) is 1.20. The average Bonchev–Trinajstić information content (AvgIpc) is 2.52. The van der Waals surface area contributed by atoms with Crippen LogP contribution in [0, 0.1) is 6.92 Å². The Hall–Kier alpha value is -1.16. The predicted octanol–water partition coefficient (Wildman–Crippen LogP) is 2.00. The summed E-state index contributed by atoms with van der Waals surface area (Å²) in [4.78, 5) is 16.2. The molecule has 2 rings (SSSR count). The Kier molecular flexibility index (Phi) is 2.14. The first kappa shape index (κ1) is 8.44. The van der Waals surface area contributed by atoms with Crippen LogP contribution in [0.25, 0.3) is 0 Å². The summed E-state index contributed by atoms with van der Waals surface area (Å²) in [6.07, 6.45) is 5.01. The molecule has 0 amide bonds. The van der Waals surface area contributed by atoms with Crippen molar-refractivity contribution in [2.24, 2.45) is 0 Å². The number of hydrogen-bond donors (Lipinski definition) is 0. The molecule has 0 spiro atoms. The average molecular weight is 195 g/mol. The Morgan fingerprint density at radius 3 is 3.15 bits per heavy atom. The van der Waals surface area contributed by atoms with E-state index in [4.69, 9.17) is 4.74 Å². The summed E-state index contributed by atoms with van der Waals surface area (Å²) in [7, 11) is 0. The molecular weight excluding hydrogens is 186 g/mol. The van der Waals surface area contributed by atoms with Crippen molar-refractivity contribution in [3.05, 3.63) is 28.4 Å². The lowest BCUT2D eigenvalue weighted by Gasteiger charge is -2.16. The second kappa shape index (κ2) is 3.30. The van der Waals surface area contributed by atoms with Gasteiger partial charge in [-0.1, -0.05) is 0 Å². The van der Waals surface area contributed by atoms with E-state index < -0.39 is 0 Å². The molecule has 4 heteroatoms. The number of allylic oxidation sites excluding steroid dienone is 1. The molecule has 68 valence electrons. The highest BCUT2D eigenvalue weighted by Crippen LogP contribution is 2.28. The van der Waals surface area contributed by atoms with Gasteiger partial charge in [0.25, 0.3) is 0 Å². The van der Waals surface area contributed by atoms with Crippen molar-refractivity contribution < 1.29 is 9.53 Å². The second-order valence-corrected chi connectivity index (χ2v) is 4.15. The Morgan fingerprint density at radius 2 is 2.54 bits per heavy atom. The summed E-state index contributed by atoms with van der Waals surface area (Å²) in [6.45, 7) is 1.94. The van der Waals surface area contributed by atoms with Crippen molar-refractivity contribution >= 4 is 17.1 Å². The molecule has 0 fully saturated rings. The number of ketones is 1. The zero-order valence-corrected chi connectivity index (χ0v) is 8.00. The van der Waals surface area contributed by atoms with Gasteiger partial charge in [-0.2, -0.15) is 0 Å². The Morgan fingerprint density at radius 1 is 1.69 bits per heavy atom. The zero-order valence-electron chi connectivity index (χ0n) is 7.19. The molecule has 0 saturated heterocycles. The van der Waals surface area contributed by atoms with E-state index in [1.54, 1.807) is 17.5 Å². The number of rotatable bonds is 1. The third-order valence-electron chi connectivity index (χ3n) is 1.84. The Bertz CT molecular complexity index is 356. The minimum Gasteiger partial charge on any atom is -0.492 e. The van der Waals surface area contributed by atoms with Crippen LogP contribution in [0.4, 0.5) is 0 Å². The maximum absolute atomic E-state index is 11.1. The van der Waals surface area contributed by atoms with Crippen LogP contribution in [0.15, 0.2) is 18.5 Å². The monoisotopic (exact) mass is 195 g/mol. The van der Waals surface area contributed by atoms with Crippen molar-refractivity contribution in [1.29, 1.82) is 0 Å². The van der Waals surface area contributed by atoms with E-state index in [0.717, 1.165) is 9.88 Å². The molecule has 1 unspecified atom stereocenters. The van der Waals surface area contributed by atoms with Crippen LogP contribution in [0.5, 0.6) is 0 Å². The quantitative estimate of drug-likeness (QED) is 0.688. The van der Waals surface area contributed by atoms with Crippen molar-refractivity contribution in [1.82, 2.24) is 4.98 Å². The van der Waals surface area contributed by atoms with E-state index in [9.17, 15) is 4.79 Å². The summed E-state index contributed by atoms with van der Waals surface area (Å²) < 4.78 is 5.32. The zero-order chi connectivity index (χ0) is 9.26. The summed E-state index contributed by atoms with van der Waals surface area (Å²) in [5.74, 6) is 0.113. The number of hydrogen-bond acceptors (Lipinski definition) is 4. The Labute approximate surface area is 80.1 Å². The van der Waals surface area contributed by atoms with Gasteiger partial charge in [0.2, 0.25) is 0 Å². The first-order valence-electron chi connectivity index (χ1n) is 4.03. The Balaban J connectivity index is 2.18. The molecular formula is C9H9NO2S. The van der Waals surface area contributed by atoms with Crippen LogP contribution in [0.1, 0.15) is 22.4 Å². The van der Waals surface area contributed by atoms with Gasteiger partial charge in [-0.25, -0.2) is 4.98 Å². The number of carbonyl (C=O) groups is 1. The van der Waals surface area contributed by atoms with Gasteiger partial charge < -0.3 is 4.74 Å². The number of thiazole rings is 1. The second-order valence-electron chi connectivity index (χ2n) is 2.88. The van der Waals surface area contributed by atoms with E-state index >= 15 is 0 Å².